The number of benzene rings is 1. The largest absolute Gasteiger partial charge is 0.325 e. The number of halogens is 1. The van der Waals surface area contributed by atoms with Crippen LogP contribution in [0.15, 0.2) is 24.3 Å². The molecule has 0 aliphatic carbocycles. The van der Waals surface area contributed by atoms with Gasteiger partial charge in [-0.3, -0.25) is 9.69 Å². The summed E-state index contributed by atoms with van der Waals surface area (Å²) in [6.45, 7) is 1.42. The number of hydrogen-bond donors (Lipinski definition) is 2. The van der Waals surface area contributed by atoms with Crippen molar-refractivity contribution in [2.75, 3.05) is 13.1 Å². The summed E-state index contributed by atoms with van der Waals surface area (Å²) in [5.41, 5.74) is 0.609. The lowest BCUT2D eigenvalue weighted by molar-refractivity contribution is -0.127. The van der Waals surface area contributed by atoms with E-state index in [1.165, 1.54) is 42.0 Å². The Morgan fingerprint density at radius 3 is 2.64 bits per heavy atom. The van der Waals surface area contributed by atoms with Gasteiger partial charge in [0.1, 0.15) is 11.9 Å². The lowest BCUT2D eigenvalue weighted by Gasteiger charge is -2.24. The van der Waals surface area contributed by atoms with Gasteiger partial charge in [0.15, 0.2) is 0 Å². The summed E-state index contributed by atoms with van der Waals surface area (Å²) in [6.07, 6.45) is 4.24. The summed E-state index contributed by atoms with van der Waals surface area (Å²) in [5, 5.41) is 6.08. The van der Waals surface area contributed by atoms with Gasteiger partial charge in [-0.05, 0) is 43.5 Å². The Kier molecular flexibility index (Phi) is 4.38. The molecule has 3 amide bonds. The lowest BCUT2D eigenvalue weighted by atomic mass is 10.0. The smallest absolute Gasteiger partial charge is 0.322 e. The highest BCUT2D eigenvalue weighted by atomic mass is 19.1. The fraction of sp³-hybridized carbons (Fsp3) is 0.500. The Hall–Kier alpha value is -1.95. The molecule has 1 aromatic rings. The maximum absolute atomic E-state index is 13.0. The van der Waals surface area contributed by atoms with E-state index in [2.05, 4.69) is 10.6 Å². The van der Waals surface area contributed by atoms with Crippen molar-refractivity contribution in [3.8, 4) is 0 Å². The number of urea groups is 1. The quantitative estimate of drug-likeness (QED) is 0.836. The first-order chi connectivity index (χ1) is 10.6. The maximum Gasteiger partial charge on any atom is 0.325 e. The standard InChI is InChI=1S/C16H20FN3O2/c17-12-6-4-11(5-7-12)14-15(21)20(16(22)19-14)10-8-13-3-1-2-9-18-13/h4-7,13-14,18H,1-3,8-10H2,(H,19,22). The van der Waals surface area contributed by atoms with Crippen LogP contribution in [-0.2, 0) is 4.79 Å². The van der Waals surface area contributed by atoms with Crippen molar-refractivity contribution in [1.29, 1.82) is 0 Å². The highest BCUT2D eigenvalue weighted by Crippen LogP contribution is 2.23. The number of hydrogen-bond acceptors (Lipinski definition) is 3. The predicted molar refractivity (Wildman–Crippen MR) is 79.6 cm³/mol. The van der Waals surface area contributed by atoms with E-state index in [4.69, 9.17) is 0 Å². The van der Waals surface area contributed by atoms with E-state index >= 15 is 0 Å². The molecule has 6 heteroatoms. The molecule has 3 rings (SSSR count). The average Bonchev–Trinajstić information content (AvgIpc) is 2.82. The predicted octanol–water partition coefficient (Wildman–Crippen LogP) is 1.95. The van der Waals surface area contributed by atoms with Crippen LogP contribution in [0.1, 0.15) is 37.3 Å². The molecular weight excluding hydrogens is 285 g/mol. The molecule has 0 saturated carbocycles. The van der Waals surface area contributed by atoms with Gasteiger partial charge in [0, 0.05) is 12.6 Å². The Morgan fingerprint density at radius 2 is 1.95 bits per heavy atom. The molecule has 0 aromatic heterocycles. The number of amides is 3. The SMILES string of the molecule is O=C1NC(c2ccc(F)cc2)C(=O)N1CCC1CCCCN1. The Bertz CT molecular complexity index is 555. The van der Waals surface area contributed by atoms with Gasteiger partial charge in [-0.1, -0.05) is 18.6 Å². The molecule has 22 heavy (non-hydrogen) atoms. The summed E-state index contributed by atoms with van der Waals surface area (Å²) < 4.78 is 13.0. The maximum atomic E-state index is 13.0. The second-order valence-electron chi connectivity index (χ2n) is 5.86. The number of rotatable bonds is 4. The summed E-state index contributed by atoms with van der Waals surface area (Å²) in [6, 6.07) is 4.96. The first-order valence-electron chi connectivity index (χ1n) is 7.76. The number of carbonyl (C=O) groups excluding carboxylic acids is 2. The topological polar surface area (TPSA) is 61.4 Å². The van der Waals surface area contributed by atoms with Gasteiger partial charge in [0.2, 0.25) is 0 Å². The van der Waals surface area contributed by atoms with Gasteiger partial charge < -0.3 is 10.6 Å². The van der Waals surface area contributed by atoms with Crippen LogP contribution in [0.3, 0.4) is 0 Å². The molecule has 2 atom stereocenters. The second-order valence-corrected chi connectivity index (χ2v) is 5.86. The highest BCUT2D eigenvalue weighted by Gasteiger charge is 2.38. The molecule has 118 valence electrons. The Balaban J connectivity index is 1.62. The van der Waals surface area contributed by atoms with Gasteiger partial charge in [0.05, 0.1) is 0 Å². The van der Waals surface area contributed by atoms with Crippen molar-refractivity contribution in [3.63, 3.8) is 0 Å². The van der Waals surface area contributed by atoms with E-state index in [9.17, 15) is 14.0 Å². The van der Waals surface area contributed by atoms with E-state index in [0.29, 0.717) is 18.2 Å². The van der Waals surface area contributed by atoms with Crippen LogP contribution in [0, 0.1) is 5.82 Å². The molecule has 0 radical (unpaired) electrons. The van der Waals surface area contributed by atoms with Crippen molar-refractivity contribution < 1.29 is 14.0 Å². The molecule has 0 bridgehead atoms. The van der Waals surface area contributed by atoms with Crippen LogP contribution >= 0.6 is 0 Å². The minimum atomic E-state index is -0.701. The van der Waals surface area contributed by atoms with Gasteiger partial charge in [0.25, 0.3) is 5.91 Å². The third-order valence-electron chi connectivity index (χ3n) is 4.34. The van der Waals surface area contributed by atoms with Crippen LogP contribution < -0.4 is 10.6 Å². The molecule has 0 spiro atoms. The zero-order valence-electron chi connectivity index (χ0n) is 12.3. The fourth-order valence-corrected chi connectivity index (χ4v) is 3.07. The van der Waals surface area contributed by atoms with E-state index < -0.39 is 6.04 Å². The lowest BCUT2D eigenvalue weighted by Crippen LogP contribution is -2.39. The molecule has 5 nitrogen and oxygen atoms in total. The molecular formula is C16H20FN3O2. The van der Waals surface area contributed by atoms with E-state index in [-0.39, 0.29) is 17.8 Å². The summed E-state index contributed by atoms with van der Waals surface area (Å²) in [7, 11) is 0. The summed E-state index contributed by atoms with van der Waals surface area (Å²) >= 11 is 0. The molecule has 1 aromatic carbocycles. The first-order valence-corrected chi connectivity index (χ1v) is 7.76. The Labute approximate surface area is 128 Å². The van der Waals surface area contributed by atoms with Gasteiger partial charge >= 0.3 is 6.03 Å². The number of nitrogens with one attached hydrogen (secondary N) is 2. The molecule has 2 aliphatic heterocycles. The minimum absolute atomic E-state index is 0.257. The van der Waals surface area contributed by atoms with E-state index in [0.717, 1.165) is 19.4 Å². The second kappa shape index (κ2) is 6.44. The van der Waals surface area contributed by atoms with Crippen molar-refractivity contribution in [1.82, 2.24) is 15.5 Å². The summed E-state index contributed by atoms with van der Waals surface area (Å²) in [4.78, 5) is 25.7. The zero-order valence-corrected chi connectivity index (χ0v) is 12.3. The van der Waals surface area contributed by atoms with Crippen LogP contribution in [0.25, 0.3) is 0 Å². The number of nitrogens with zero attached hydrogens (tertiary/aromatic N) is 1. The van der Waals surface area contributed by atoms with Crippen molar-refractivity contribution in [2.24, 2.45) is 0 Å². The molecule has 2 heterocycles. The minimum Gasteiger partial charge on any atom is -0.322 e. The van der Waals surface area contributed by atoms with E-state index in [1.54, 1.807) is 0 Å². The zero-order chi connectivity index (χ0) is 15.5. The van der Waals surface area contributed by atoms with Crippen LogP contribution in [0.5, 0.6) is 0 Å². The first kappa shape index (κ1) is 15.0. The molecule has 2 fully saturated rings. The monoisotopic (exact) mass is 305 g/mol. The average molecular weight is 305 g/mol. The molecule has 2 aliphatic rings. The van der Waals surface area contributed by atoms with Gasteiger partial charge in [-0.2, -0.15) is 0 Å². The third-order valence-corrected chi connectivity index (χ3v) is 4.34. The van der Waals surface area contributed by atoms with E-state index in [1.807, 2.05) is 0 Å². The highest BCUT2D eigenvalue weighted by molar-refractivity contribution is 6.04. The molecule has 2 N–H and O–H groups in total. The third kappa shape index (κ3) is 3.11. The molecule has 2 unspecified atom stereocenters. The van der Waals surface area contributed by atoms with Crippen LogP contribution in [-0.4, -0.2) is 36.0 Å². The van der Waals surface area contributed by atoms with Crippen molar-refractivity contribution in [2.45, 2.75) is 37.8 Å². The Morgan fingerprint density at radius 1 is 1.18 bits per heavy atom. The molecule has 2 saturated heterocycles. The van der Waals surface area contributed by atoms with Crippen LogP contribution in [0.2, 0.25) is 0 Å². The fourth-order valence-electron chi connectivity index (χ4n) is 3.07. The van der Waals surface area contributed by atoms with Gasteiger partial charge in [-0.15, -0.1) is 0 Å². The van der Waals surface area contributed by atoms with Gasteiger partial charge in [-0.25, -0.2) is 9.18 Å². The number of piperidine rings is 1. The van der Waals surface area contributed by atoms with Crippen molar-refractivity contribution >= 4 is 11.9 Å². The van der Waals surface area contributed by atoms with Crippen LogP contribution in [0.4, 0.5) is 9.18 Å². The number of carbonyl (C=O) groups is 2. The number of imide groups is 1. The summed E-state index contributed by atoms with van der Waals surface area (Å²) in [5.74, 6) is -0.617. The normalized spacial score (nSPS) is 25.4. The van der Waals surface area contributed by atoms with Crippen molar-refractivity contribution in [3.05, 3.63) is 35.6 Å².